The number of benzene rings is 3. The molecule has 0 bridgehead atoms. The van der Waals surface area contributed by atoms with Gasteiger partial charge in [-0.25, -0.2) is 12.8 Å². The smallest absolute Gasteiger partial charge is 0.244 e. The van der Waals surface area contributed by atoms with E-state index in [2.05, 4.69) is 21.2 Å². The van der Waals surface area contributed by atoms with Crippen LogP contribution in [-0.2, 0) is 32.6 Å². The van der Waals surface area contributed by atoms with Gasteiger partial charge in [0, 0.05) is 23.5 Å². The molecule has 0 spiro atoms. The Morgan fingerprint density at radius 2 is 1.62 bits per heavy atom. The van der Waals surface area contributed by atoms with Gasteiger partial charge in [0.15, 0.2) is 0 Å². The molecular weight excluding hydrogens is 597 g/mol. The van der Waals surface area contributed by atoms with E-state index in [1.54, 1.807) is 0 Å². The predicted octanol–water partition coefficient (Wildman–Crippen LogP) is 5.05. The van der Waals surface area contributed by atoms with Crippen molar-refractivity contribution in [3.8, 4) is 0 Å². The van der Waals surface area contributed by atoms with E-state index in [1.165, 1.54) is 17.0 Å². The average Bonchev–Trinajstić information content (AvgIpc) is 3.43. The molecule has 1 N–H and O–H groups in total. The Morgan fingerprint density at radius 1 is 0.975 bits per heavy atom. The summed E-state index contributed by atoms with van der Waals surface area (Å²) in [5, 5.41) is 3.14. The zero-order valence-corrected chi connectivity index (χ0v) is 24.7. The van der Waals surface area contributed by atoms with Gasteiger partial charge in [-0.05, 0) is 60.4 Å². The van der Waals surface area contributed by atoms with E-state index in [0.717, 1.165) is 64.0 Å². The normalized spacial score (nSPS) is 14.5. The molecule has 1 fully saturated rings. The molecule has 7 nitrogen and oxygen atoms in total. The van der Waals surface area contributed by atoms with Gasteiger partial charge in [-0.1, -0.05) is 71.2 Å². The van der Waals surface area contributed by atoms with Crippen LogP contribution in [0.4, 0.5) is 10.1 Å². The Labute approximate surface area is 243 Å². The van der Waals surface area contributed by atoms with E-state index in [1.807, 2.05) is 54.6 Å². The molecular formula is C30H33BrFN3O4S. The summed E-state index contributed by atoms with van der Waals surface area (Å²) >= 11 is 3.47. The van der Waals surface area contributed by atoms with Crippen LogP contribution in [-0.4, -0.2) is 50.0 Å². The number of nitrogens with one attached hydrogen (secondary N) is 1. The molecule has 40 heavy (non-hydrogen) atoms. The van der Waals surface area contributed by atoms with Crippen LogP contribution in [0.15, 0.2) is 83.3 Å². The minimum atomic E-state index is -3.91. The summed E-state index contributed by atoms with van der Waals surface area (Å²) in [5.74, 6) is -1.34. The Morgan fingerprint density at radius 3 is 2.25 bits per heavy atom. The van der Waals surface area contributed by atoms with Crippen LogP contribution >= 0.6 is 15.9 Å². The molecule has 1 aliphatic rings. The van der Waals surface area contributed by atoms with E-state index in [0.29, 0.717) is 0 Å². The van der Waals surface area contributed by atoms with Crippen molar-refractivity contribution in [2.45, 2.75) is 50.7 Å². The zero-order valence-electron chi connectivity index (χ0n) is 22.3. The van der Waals surface area contributed by atoms with Gasteiger partial charge in [0.05, 0.1) is 11.9 Å². The van der Waals surface area contributed by atoms with Crippen LogP contribution in [0.3, 0.4) is 0 Å². The first kappa shape index (κ1) is 29.7. The third kappa shape index (κ3) is 8.14. The Hall–Kier alpha value is -3.24. The number of amides is 2. The highest BCUT2D eigenvalue weighted by molar-refractivity contribution is 9.10. The molecule has 212 valence electrons. The van der Waals surface area contributed by atoms with Crippen molar-refractivity contribution in [1.29, 1.82) is 0 Å². The SMILES string of the molecule is CS(=O)(=O)N(CC(=O)N(Cc1cccc(Br)c1)C(Cc1ccccc1)C(=O)NC1CCCC1)c1ccc(F)cc1. The number of hydrogen-bond acceptors (Lipinski definition) is 4. The van der Waals surface area contributed by atoms with Crippen LogP contribution in [0.2, 0.25) is 0 Å². The lowest BCUT2D eigenvalue weighted by molar-refractivity contribution is -0.140. The van der Waals surface area contributed by atoms with Gasteiger partial charge in [-0.2, -0.15) is 0 Å². The summed E-state index contributed by atoms with van der Waals surface area (Å²) in [6.07, 6.45) is 5.10. The monoisotopic (exact) mass is 629 g/mol. The van der Waals surface area contributed by atoms with Crippen molar-refractivity contribution < 1.29 is 22.4 Å². The van der Waals surface area contributed by atoms with Gasteiger partial charge in [0.25, 0.3) is 0 Å². The van der Waals surface area contributed by atoms with E-state index in [4.69, 9.17) is 0 Å². The summed E-state index contributed by atoms with van der Waals surface area (Å²) < 4.78 is 40.9. The van der Waals surface area contributed by atoms with Crippen molar-refractivity contribution in [2.75, 3.05) is 17.1 Å². The summed E-state index contributed by atoms with van der Waals surface area (Å²) in [6, 6.07) is 20.9. The maximum atomic E-state index is 14.1. The first-order valence-corrected chi connectivity index (χ1v) is 15.9. The van der Waals surface area contributed by atoms with Gasteiger partial charge in [0.1, 0.15) is 18.4 Å². The van der Waals surface area contributed by atoms with E-state index < -0.39 is 34.3 Å². The van der Waals surface area contributed by atoms with Crippen LogP contribution in [0.1, 0.15) is 36.8 Å². The number of carbonyl (C=O) groups is 2. The van der Waals surface area contributed by atoms with E-state index >= 15 is 0 Å². The van der Waals surface area contributed by atoms with Gasteiger partial charge in [-0.3, -0.25) is 13.9 Å². The van der Waals surface area contributed by atoms with Crippen LogP contribution in [0.25, 0.3) is 0 Å². The lowest BCUT2D eigenvalue weighted by Gasteiger charge is -2.34. The molecule has 0 radical (unpaired) electrons. The molecule has 3 aromatic carbocycles. The summed E-state index contributed by atoms with van der Waals surface area (Å²) in [4.78, 5) is 29.3. The van der Waals surface area contributed by atoms with E-state index in [-0.39, 0.29) is 30.6 Å². The van der Waals surface area contributed by atoms with Gasteiger partial charge in [-0.15, -0.1) is 0 Å². The molecule has 0 saturated heterocycles. The molecule has 0 heterocycles. The Balaban J connectivity index is 1.72. The van der Waals surface area contributed by atoms with Crippen molar-refractivity contribution in [2.24, 2.45) is 0 Å². The standard InChI is InChI=1S/C30H33BrFN3O4S/c1-40(38,39)35(27-16-14-25(32)15-17-27)21-29(36)34(20-23-10-7-11-24(31)18-23)28(19-22-8-3-2-4-9-22)30(37)33-26-12-5-6-13-26/h2-4,7-11,14-18,26,28H,5-6,12-13,19-21H2,1H3,(H,33,37). The summed E-state index contributed by atoms with van der Waals surface area (Å²) in [7, 11) is -3.91. The minimum Gasteiger partial charge on any atom is -0.352 e. The summed E-state index contributed by atoms with van der Waals surface area (Å²) in [5.41, 5.74) is 1.82. The third-order valence-corrected chi connectivity index (χ3v) is 8.64. The van der Waals surface area contributed by atoms with E-state index in [9.17, 15) is 22.4 Å². The molecule has 0 aromatic heterocycles. The molecule has 1 atom stereocenters. The molecule has 1 unspecified atom stereocenters. The van der Waals surface area contributed by atoms with Gasteiger partial charge in [0.2, 0.25) is 21.8 Å². The van der Waals surface area contributed by atoms with Crippen molar-refractivity contribution in [3.05, 3.63) is 100 Å². The maximum absolute atomic E-state index is 14.1. The van der Waals surface area contributed by atoms with Crippen molar-refractivity contribution in [1.82, 2.24) is 10.2 Å². The van der Waals surface area contributed by atoms with Crippen LogP contribution in [0, 0.1) is 5.82 Å². The number of carbonyl (C=O) groups excluding carboxylic acids is 2. The zero-order chi connectivity index (χ0) is 28.7. The van der Waals surface area contributed by atoms with Gasteiger partial charge < -0.3 is 10.2 Å². The second-order valence-corrected chi connectivity index (χ2v) is 12.9. The lowest BCUT2D eigenvalue weighted by atomic mass is 10.0. The Kier molecular flexibility index (Phi) is 9.97. The topological polar surface area (TPSA) is 86.8 Å². The lowest BCUT2D eigenvalue weighted by Crippen LogP contribution is -2.54. The number of nitrogens with zero attached hydrogens (tertiary/aromatic N) is 2. The molecule has 0 aliphatic heterocycles. The van der Waals surface area contributed by atoms with Crippen LogP contribution < -0.4 is 9.62 Å². The van der Waals surface area contributed by atoms with Crippen molar-refractivity contribution in [3.63, 3.8) is 0 Å². The number of hydrogen-bond donors (Lipinski definition) is 1. The van der Waals surface area contributed by atoms with Crippen molar-refractivity contribution >= 4 is 43.5 Å². The largest absolute Gasteiger partial charge is 0.352 e. The summed E-state index contributed by atoms with van der Waals surface area (Å²) in [6.45, 7) is -0.449. The molecule has 1 saturated carbocycles. The Bertz CT molecular complexity index is 1410. The molecule has 4 rings (SSSR count). The fourth-order valence-corrected chi connectivity index (χ4v) is 6.27. The predicted molar refractivity (Wildman–Crippen MR) is 158 cm³/mol. The fraction of sp³-hybridized carbons (Fsp3) is 0.333. The maximum Gasteiger partial charge on any atom is 0.244 e. The number of halogens is 2. The molecule has 1 aliphatic carbocycles. The highest BCUT2D eigenvalue weighted by atomic mass is 79.9. The number of anilines is 1. The average molecular weight is 631 g/mol. The number of rotatable bonds is 11. The third-order valence-electron chi connectivity index (χ3n) is 7.01. The fourth-order valence-electron chi connectivity index (χ4n) is 4.97. The molecule has 10 heteroatoms. The van der Waals surface area contributed by atoms with Gasteiger partial charge >= 0.3 is 0 Å². The van der Waals surface area contributed by atoms with Crippen LogP contribution in [0.5, 0.6) is 0 Å². The number of sulfonamides is 1. The quantitative estimate of drug-likeness (QED) is 0.321. The first-order chi connectivity index (χ1) is 19.1. The molecule has 2 amide bonds. The second-order valence-electron chi connectivity index (χ2n) is 10.1. The highest BCUT2D eigenvalue weighted by Crippen LogP contribution is 2.23. The molecule has 3 aromatic rings. The first-order valence-electron chi connectivity index (χ1n) is 13.2. The highest BCUT2D eigenvalue weighted by Gasteiger charge is 2.34. The minimum absolute atomic E-state index is 0.0420. The second kappa shape index (κ2) is 13.4.